The molecule has 0 unspecified atom stereocenters. The summed E-state index contributed by atoms with van der Waals surface area (Å²) in [5.74, 6) is -0.0388. The molecule has 1 N–H and O–H groups in total. The Kier molecular flexibility index (Phi) is 2.72. The third-order valence-corrected chi connectivity index (χ3v) is 1.75. The fraction of sp³-hybridized carbons (Fsp3) is 0.125. The van der Waals surface area contributed by atoms with Crippen LogP contribution in [0.2, 0.25) is 0 Å². The van der Waals surface area contributed by atoms with Crippen LogP contribution in [-0.2, 0) is 4.79 Å². The van der Waals surface area contributed by atoms with Crippen molar-refractivity contribution in [3.05, 3.63) is 24.3 Å². The van der Waals surface area contributed by atoms with Crippen LogP contribution in [0.4, 0.5) is 5.69 Å². The van der Waals surface area contributed by atoms with E-state index in [0.717, 1.165) is 10.0 Å². The van der Waals surface area contributed by atoms with Crippen molar-refractivity contribution in [2.75, 3.05) is 5.32 Å². The van der Waals surface area contributed by atoms with E-state index < -0.39 is 0 Å². The molecule has 1 aromatic carbocycles. The van der Waals surface area contributed by atoms with Crippen molar-refractivity contribution in [3.8, 4) is 0 Å². The van der Waals surface area contributed by atoms with Crippen molar-refractivity contribution in [2.24, 2.45) is 0 Å². The van der Waals surface area contributed by atoms with Gasteiger partial charge in [-0.15, -0.1) is 0 Å². The van der Waals surface area contributed by atoms with Crippen molar-refractivity contribution < 1.29 is 4.79 Å². The predicted octanol–water partition coefficient (Wildman–Crippen LogP) is 0.439. The predicted molar refractivity (Wildman–Crippen MR) is 46.1 cm³/mol. The molecule has 0 heterocycles. The molecule has 1 amide bonds. The first-order valence-electron chi connectivity index (χ1n) is 3.25. The Labute approximate surface area is 74.5 Å². The van der Waals surface area contributed by atoms with Crippen LogP contribution < -0.4 is 9.67 Å². The van der Waals surface area contributed by atoms with Crippen molar-refractivity contribution in [3.63, 3.8) is 0 Å². The van der Waals surface area contributed by atoms with Crippen LogP contribution in [0.3, 0.4) is 0 Å². The number of hydrogen-bond acceptors (Lipinski definition) is 1. The van der Waals surface area contributed by atoms with Gasteiger partial charge in [-0.2, -0.15) is 0 Å². The van der Waals surface area contributed by atoms with E-state index in [-0.39, 0.29) is 5.91 Å². The molecule has 0 aliphatic heterocycles. The Balaban J connectivity index is 2.79. The number of amides is 1. The van der Waals surface area contributed by atoms with E-state index in [1.807, 2.05) is 24.3 Å². The first kappa shape index (κ1) is 8.35. The molecule has 0 atom stereocenters. The fourth-order valence-corrected chi connectivity index (χ4v) is 1.26. The number of benzene rings is 1. The van der Waals surface area contributed by atoms with Gasteiger partial charge in [-0.1, -0.05) is 0 Å². The molecule has 0 aromatic heterocycles. The Morgan fingerprint density at radius 2 is 2.27 bits per heavy atom. The summed E-state index contributed by atoms with van der Waals surface area (Å²) in [6.45, 7) is 1.50. The molecular formula is C8H8AsNO. The van der Waals surface area contributed by atoms with E-state index >= 15 is 0 Å². The molecule has 2 radical (unpaired) electrons. The third kappa shape index (κ3) is 2.77. The quantitative estimate of drug-likeness (QED) is 0.668. The average Bonchev–Trinajstić information content (AvgIpc) is 1.85. The second kappa shape index (κ2) is 3.58. The summed E-state index contributed by atoms with van der Waals surface area (Å²) in [6.07, 6.45) is 0. The first-order chi connectivity index (χ1) is 5.18. The van der Waals surface area contributed by atoms with Crippen molar-refractivity contribution in [1.82, 2.24) is 0 Å². The minimum atomic E-state index is -0.0388. The normalized spacial score (nSPS) is 9.27. The molecule has 0 saturated heterocycles. The summed E-state index contributed by atoms with van der Waals surface area (Å²) < 4.78 is 1.09. The van der Waals surface area contributed by atoms with E-state index in [1.165, 1.54) is 6.92 Å². The number of anilines is 1. The van der Waals surface area contributed by atoms with E-state index in [4.69, 9.17) is 0 Å². The second-order valence-corrected chi connectivity index (χ2v) is 3.31. The molecule has 0 spiro atoms. The zero-order valence-electron chi connectivity index (χ0n) is 6.16. The summed E-state index contributed by atoms with van der Waals surface area (Å²) in [5.41, 5.74) is 0.843. The topological polar surface area (TPSA) is 29.1 Å². The zero-order chi connectivity index (χ0) is 8.27. The number of hydrogen-bond donors (Lipinski definition) is 1. The van der Waals surface area contributed by atoms with E-state index in [9.17, 15) is 4.79 Å². The summed E-state index contributed by atoms with van der Waals surface area (Å²) in [5, 5.41) is 2.70. The molecule has 3 heteroatoms. The molecule has 56 valence electrons. The maximum atomic E-state index is 10.6. The van der Waals surface area contributed by atoms with Gasteiger partial charge in [0.2, 0.25) is 0 Å². The molecule has 0 saturated carbocycles. The van der Waals surface area contributed by atoms with E-state index in [1.54, 1.807) is 0 Å². The minimum absolute atomic E-state index is 0.0388. The van der Waals surface area contributed by atoms with Crippen LogP contribution >= 0.6 is 0 Å². The molecule has 1 aromatic rings. The molecule has 1 rings (SSSR count). The van der Waals surface area contributed by atoms with E-state index in [2.05, 4.69) is 22.2 Å². The number of carbonyl (C=O) groups is 1. The number of nitrogens with one attached hydrogen (secondary N) is 1. The zero-order valence-corrected chi connectivity index (χ0v) is 8.04. The molecule has 11 heavy (non-hydrogen) atoms. The summed E-state index contributed by atoms with van der Waals surface area (Å²) >= 11 is 2.43. The third-order valence-electron chi connectivity index (χ3n) is 1.17. The first-order valence-corrected chi connectivity index (χ1v) is 4.19. The van der Waals surface area contributed by atoms with Gasteiger partial charge in [-0.05, 0) is 0 Å². The van der Waals surface area contributed by atoms with Crippen LogP contribution in [0.25, 0.3) is 0 Å². The van der Waals surface area contributed by atoms with Gasteiger partial charge in [0.15, 0.2) is 0 Å². The van der Waals surface area contributed by atoms with Gasteiger partial charge < -0.3 is 0 Å². The van der Waals surface area contributed by atoms with Crippen LogP contribution in [0.1, 0.15) is 6.92 Å². The summed E-state index contributed by atoms with van der Waals surface area (Å²) in [7, 11) is 0. The van der Waals surface area contributed by atoms with Gasteiger partial charge in [-0.25, -0.2) is 0 Å². The standard InChI is InChI=1S/C8H8AsNO/c1-6(11)10-8-4-2-3-7(9)5-8/h2-5H,1H3,(H,10,11). The molecule has 0 aliphatic rings. The summed E-state index contributed by atoms with van der Waals surface area (Å²) in [6, 6.07) is 7.63. The van der Waals surface area contributed by atoms with Crippen LogP contribution in [0.5, 0.6) is 0 Å². The van der Waals surface area contributed by atoms with Gasteiger partial charge in [0.05, 0.1) is 0 Å². The van der Waals surface area contributed by atoms with Crippen molar-refractivity contribution in [2.45, 2.75) is 6.92 Å². The Hall–Kier alpha value is -0.752. The van der Waals surface area contributed by atoms with Crippen LogP contribution in [0, 0.1) is 0 Å². The molecule has 0 bridgehead atoms. The van der Waals surface area contributed by atoms with Gasteiger partial charge >= 0.3 is 74.1 Å². The maximum absolute atomic E-state index is 10.6. The average molecular weight is 209 g/mol. The Morgan fingerprint density at radius 3 is 2.82 bits per heavy atom. The van der Waals surface area contributed by atoms with Gasteiger partial charge in [0, 0.05) is 0 Å². The fourth-order valence-electron chi connectivity index (χ4n) is 0.787. The second-order valence-electron chi connectivity index (χ2n) is 2.23. The Bertz CT molecular complexity index is 273. The number of rotatable bonds is 1. The van der Waals surface area contributed by atoms with Crippen LogP contribution in [-0.4, -0.2) is 22.8 Å². The monoisotopic (exact) mass is 209 g/mol. The SMILES string of the molecule is CC(=O)Nc1cccc([As])c1. The van der Waals surface area contributed by atoms with E-state index in [0.29, 0.717) is 0 Å². The van der Waals surface area contributed by atoms with Gasteiger partial charge in [0.1, 0.15) is 0 Å². The Morgan fingerprint density at radius 1 is 1.55 bits per heavy atom. The summed E-state index contributed by atoms with van der Waals surface area (Å²) in [4.78, 5) is 10.6. The van der Waals surface area contributed by atoms with Gasteiger partial charge in [0.25, 0.3) is 0 Å². The van der Waals surface area contributed by atoms with Crippen molar-refractivity contribution in [1.29, 1.82) is 0 Å². The molecular weight excluding hydrogens is 201 g/mol. The van der Waals surface area contributed by atoms with Crippen LogP contribution in [0.15, 0.2) is 24.3 Å². The molecule has 0 aliphatic carbocycles. The molecule has 0 fully saturated rings. The molecule has 2 nitrogen and oxygen atoms in total. The number of carbonyl (C=O) groups excluding carboxylic acids is 1. The van der Waals surface area contributed by atoms with Crippen molar-refractivity contribution >= 4 is 32.8 Å². The van der Waals surface area contributed by atoms with Gasteiger partial charge in [-0.3, -0.25) is 0 Å².